The third-order valence-electron chi connectivity index (χ3n) is 7.77. The number of carbonyl (C=O) groups is 2. The molecule has 0 N–H and O–H groups in total. The van der Waals surface area contributed by atoms with E-state index in [1.54, 1.807) is 20.8 Å². The van der Waals surface area contributed by atoms with E-state index in [2.05, 4.69) is 0 Å². The van der Waals surface area contributed by atoms with Gasteiger partial charge in [-0.25, -0.2) is 4.79 Å². The van der Waals surface area contributed by atoms with Crippen molar-refractivity contribution in [1.82, 2.24) is 0 Å². The minimum absolute atomic E-state index is 0.0988. The van der Waals surface area contributed by atoms with Crippen LogP contribution in [0.3, 0.4) is 0 Å². The molecule has 0 aromatic rings. The number of halogens is 2. The molecule has 0 aromatic heterocycles. The molecule has 4 rings (SSSR count). The zero-order chi connectivity index (χ0) is 20.9. The fraction of sp³-hybridized carbons (Fsp3) is 0.909. The first-order chi connectivity index (χ1) is 12.9. The molecule has 0 amide bonds. The van der Waals surface area contributed by atoms with Gasteiger partial charge >= 0.3 is 17.9 Å². The highest BCUT2D eigenvalue weighted by molar-refractivity contribution is 5.81. The van der Waals surface area contributed by atoms with Gasteiger partial charge in [0.15, 0.2) is 6.10 Å². The lowest BCUT2D eigenvalue weighted by molar-refractivity contribution is -0.237. The number of hydrogen-bond donors (Lipinski definition) is 0. The highest BCUT2D eigenvalue weighted by atomic mass is 19.3. The van der Waals surface area contributed by atoms with Gasteiger partial charge in [0.2, 0.25) is 0 Å². The van der Waals surface area contributed by atoms with Gasteiger partial charge in [-0.15, -0.1) is 0 Å². The standard InChI is InChI=1S/C22H34F2O4/c1-6-17(27-18(25)20(4,5)7-2)22(23,24)19(26)28-21-11-14-8-15(12-21)10-16(9-14)13(21)3/h13-17H,6-12H2,1-5H3. The normalized spacial score (nSPS) is 35.5. The molecule has 6 heteroatoms. The Morgan fingerprint density at radius 1 is 1.07 bits per heavy atom. The largest absolute Gasteiger partial charge is 0.455 e. The summed E-state index contributed by atoms with van der Waals surface area (Å²) in [6, 6.07) is 0. The van der Waals surface area contributed by atoms with E-state index in [4.69, 9.17) is 9.47 Å². The SMILES string of the molecule is CCC(OC(=O)C(C)(C)CC)C(F)(F)C(=O)OC12CC3CC(CC(C3)C1C)C2. The number of ether oxygens (including phenoxy) is 2. The van der Waals surface area contributed by atoms with E-state index >= 15 is 0 Å². The first-order valence-corrected chi connectivity index (χ1v) is 10.8. The van der Waals surface area contributed by atoms with E-state index in [9.17, 15) is 18.4 Å². The quantitative estimate of drug-likeness (QED) is 0.556. The highest BCUT2D eigenvalue weighted by Crippen LogP contribution is 2.60. The van der Waals surface area contributed by atoms with Crippen molar-refractivity contribution in [2.24, 2.45) is 29.1 Å². The predicted molar refractivity (Wildman–Crippen MR) is 101 cm³/mol. The van der Waals surface area contributed by atoms with Crippen LogP contribution in [-0.2, 0) is 19.1 Å². The number of rotatable bonds is 7. The Morgan fingerprint density at radius 3 is 2.14 bits per heavy atom. The van der Waals surface area contributed by atoms with Crippen LogP contribution in [-0.4, -0.2) is 29.6 Å². The molecular formula is C22H34F2O4. The molecule has 0 radical (unpaired) electrons. The number of esters is 2. The lowest BCUT2D eigenvalue weighted by atomic mass is 9.50. The molecule has 4 aliphatic carbocycles. The third kappa shape index (κ3) is 3.56. The molecule has 0 spiro atoms. The van der Waals surface area contributed by atoms with Crippen LogP contribution in [0.4, 0.5) is 8.78 Å². The second-order valence-corrected chi connectivity index (χ2v) is 10.0. The van der Waals surface area contributed by atoms with E-state index in [1.807, 2.05) is 6.92 Å². The van der Waals surface area contributed by atoms with E-state index in [-0.39, 0.29) is 12.3 Å². The predicted octanol–water partition coefficient (Wildman–Crippen LogP) is 5.14. The van der Waals surface area contributed by atoms with Gasteiger partial charge in [0, 0.05) is 0 Å². The van der Waals surface area contributed by atoms with Crippen molar-refractivity contribution in [2.45, 2.75) is 97.2 Å². The maximum absolute atomic E-state index is 15.0. The van der Waals surface area contributed by atoms with E-state index in [0.717, 1.165) is 19.3 Å². The summed E-state index contributed by atoms with van der Waals surface area (Å²) in [5.74, 6) is -4.59. The van der Waals surface area contributed by atoms with Gasteiger partial charge in [-0.3, -0.25) is 4.79 Å². The minimum Gasteiger partial charge on any atom is -0.455 e. The summed E-state index contributed by atoms with van der Waals surface area (Å²) >= 11 is 0. The van der Waals surface area contributed by atoms with Gasteiger partial charge in [0.05, 0.1) is 5.41 Å². The molecule has 4 aliphatic rings. The Balaban J connectivity index is 1.74. The number of hydrogen-bond acceptors (Lipinski definition) is 4. The van der Waals surface area contributed by atoms with Crippen molar-refractivity contribution in [3.8, 4) is 0 Å². The van der Waals surface area contributed by atoms with Crippen LogP contribution in [0.5, 0.6) is 0 Å². The van der Waals surface area contributed by atoms with Gasteiger partial charge < -0.3 is 9.47 Å². The van der Waals surface area contributed by atoms with E-state index < -0.39 is 35.0 Å². The maximum atomic E-state index is 15.0. The molecule has 4 fully saturated rings. The molecule has 0 aliphatic heterocycles. The average molecular weight is 401 g/mol. The summed E-state index contributed by atoms with van der Waals surface area (Å²) in [6.07, 6.45) is 3.24. The zero-order valence-electron chi connectivity index (χ0n) is 17.7. The van der Waals surface area contributed by atoms with Crippen molar-refractivity contribution in [2.75, 3.05) is 0 Å². The molecular weight excluding hydrogens is 366 g/mol. The average Bonchev–Trinajstić information content (AvgIpc) is 2.62. The molecule has 4 nitrogen and oxygen atoms in total. The Labute approximate surface area is 166 Å². The first kappa shape index (κ1) is 21.5. The maximum Gasteiger partial charge on any atom is 0.381 e. The van der Waals surface area contributed by atoms with E-state index in [1.165, 1.54) is 6.92 Å². The molecule has 4 unspecified atom stereocenters. The van der Waals surface area contributed by atoms with Gasteiger partial charge in [-0.05, 0) is 82.5 Å². The minimum atomic E-state index is -3.85. The van der Waals surface area contributed by atoms with Crippen LogP contribution in [0.25, 0.3) is 0 Å². The molecule has 0 aromatic carbocycles. The molecule has 0 saturated heterocycles. The summed E-state index contributed by atoms with van der Waals surface area (Å²) < 4.78 is 40.7. The third-order valence-corrected chi connectivity index (χ3v) is 7.77. The van der Waals surface area contributed by atoms with Crippen molar-refractivity contribution in [3.63, 3.8) is 0 Å². The fourth-order valence-corrected chi connectivity index (χ4v) is 5.63. The summed E-state index contributed by atoms with van der Waals surface area (Å²) in [5, 5.41) is 0. The smallest absolute Gasteiger partial charge is 0.381 e. The summed E-state index contributed by atoms with van der Waals surface area (Å²) in [6.45, 7) is 8.62. The second-order valence-electron chi connectivity index (χ2n) is 10.0. The zero-order valence-corrected chi connectivity index (χ0v) is 17.7. The van der Waals surface area contributed by atoms with E-state index in [0.29, 0.717) is 37.0 Å². The Hall–Kier alpha value is -1.20. The van der Waals surface area contributed by atoms with Crippen LogP contribution >= 0.6 is 0 Å². The van der Waals surface area contributed by atoms with Gasteiger partial charge in [-0.2, -0.15) is 8.78 Å². The van der Waals surface area contributed by atoms with Crippen molar-refractivity contribution < 1.29 is 27.8 Å². The fourth-order valence-electron chi connectivity index (χ4n) is 5.63. The molecule has 28 heavy (non-hydrogen) atoms. The summed E-state index contributed by atoms with van der Waals surface area (Å²) in [5.41, 5.74) is -1.65. The Kier molecular flexibility index (Phi) is 5.56. The topological polar surface area (TPSA) is 52.6 Å². The molecule has 4 atom stereocenters. The van der Waals surface area contributed by atoms with Crippen molar-refractivity contribution in [1.29, 1.82) is 0 Å². The van der Waals surface area contributed by atoms with Crippen molar-refractivity contribution >= 4 is 11.9 Å². The first-order valence-electron chi connectivity index (χ1n) is 10.8. The Bertz CT molecular complexity index is 616. The lowest BCUT2D eigenvalue weighted by Gasteiger charge is -2.59. The lowest BCUT2D eigenvalue weighted by Crippen LogP contribution is -2.60. The molecule has 0 heterocycles. The summed E-state index contributed by atoms with van der Waals surface area (Å²) in [7, 11) is 0. The molecule has 4 saturated carbocycles. The highest BCUT2D eigenvalue weighted by Gasteiger charge is 2.61. The van der Waals surface area contributed by atoms with Gasteiger partial charge in [0.1, 0.15) is 5.60 Å². The second kappa shape index (κ2) is 7.24. The Morgan fingerprint density at radius 2 is 1.64 bits per heavy atom. The number of carbonyl (C=O) groups excluding carboxylic acids is 2. The summed E-state index contributed by atoms with van der Waals surface area (Å²) in [4.78, 5) is 24.9. The molecule has 160 valence electrons. The monoisotopic (exact) mass is 400 g/mol. The molecule has 4 bridgehead atoms. The van der Waals surface area contributed by atoms with Crippen LogP contribution in [0, 0.1) is 29.1 Å². The van der Waals surface area contributed by atoms with Gasteiger partial charge in [0.25, 0.3) is 0 Å². The number of alkyl halides is 2. The van der Waals surface area contributed by atoms with Crippen LogP contribution in [0.1, 0.15) is 79.6 Å². The van der Waals surface area contributed by atoms with Gasteiger partial charge in [-0.1, -0.05) is 20.8 Å². The van der Waals surface area contributed by atoms with Crippen LogP contribution in [0.15, 0.2) is 0 Å². The van der Waals surface area contributed by atoms with Crippen LogP contribution in [0.2, 0.25) is 0 Å². The van der Waals surface area contributed by atoms with Crippen molar-refractivity contribution in [3.05, 3.63) is 0 Å². The van der Waals surface area contributed by atoms with Crippen LogP contribution < -0.4 is 0 Å².